The van der Waals surface area contributed by atoms with E-state index in [-0.39, 0.29) is 5.82 Å². The zero-order chi connectivity index (χ0) is 14.2. The van der Waals surface area contributed by atoms with E-state index in [0.29, 0.717) is 0 Å². The highest BCUT2D eigenvalue weighted by molar-refractivity contribution is 5.43. The Hall–Kier alpha value is -2.07. The lowest BCUT2D eigenvalue weighted by Crippen LogP contribution is -1.85. The lowest BCUT2D eigenvalue weighted by molar-refractivity contribution is 0.627. The molecule has 0 radical (unpaired) electrons. The largest absolute Gasteiger partial charge is 0.207 e. The number of unbranched alkanes of at least 4 members (excludes halogenated alkanes) is 2. The SMILES string of the molecule is CCCCCc1ccc(C#Cc2ccc(F)cc2)cc1. The van der Waals surface area contributed by atoms with Gasteiger partial charge < -0.3 is 0 Å². The molecule has 2 rings (SSSR count). The van der Waals surface area contributed by atoms with Gasteiger partial charge in [-0.05, 0) is 54.8 Å². The molecule has 0 atom stereocenters. The average Bonchev–Trinajstić information content (AvgIpc) is 2.48. The Morgan fingerprint density at radius 3 is 1.90 bits per heavy atom. The second-order valence-corrected chi connectivity index (χ2v) is 4.91. The van der Waals surface area contributed by atoms with Crippen LogP contribution >= 0.6 is 0 Å². The summed E-state index contributed by atoms with van der Waals surface area (Å²) in [5, 5.41) is 0. The molecule has 2 aromatic rings. The minimum atomic E-state index is -0.230. The fourth-order valence-corrected chi connectivity index (χ4v) is 2.01. The standard InChI is InChI=1S/C19H19F/c1-2-3-4-5-16-6-8-17(9-7-16)10-11-18-12-14-19(20)15-13-18/h6-9,12-15H,2-5H2,1H3. The first kappa shape index (κ1) is 14.3. The van der Waals surface area contributed by atoms with Gasteiger partial charge in [-0.2, -0.15) is 0 Å². The van der Waals surface area contributed by atoms with Crippen molar-refractivity contribution in [3.63, 3.8) is 0 Å². The summed E-state index contributed by atoms with van der Waals surface area (Å²) in [5.41, 5.74) is 3.19. The smallest absolute Gasteiger partial charge is 0.123 e. The highest BCUT2D eigenvalue weighted by Gasteiger charge is 1.93. The van der Waals surface area contributed by atoms with Crippen molar-refractivity contribution in [2.24, 2.45) is 0 Å². The van der Waals surface area contributed by atoms with Gasteiger partial charge in [0.25, 0.3) is 0 Å². The van der Waals surface area contributed by atoms with Gasteiger partial charge in [0, 0.05) is 11.1 Å². The maximum absolute atomic E-state index is 12.8. The summed E-state index contributed by atoms with van der Waals surface area (Å²) < 4.78 is 12.8. The van der Waals surface area contributed by atoms with Crippen molar-refractivity contribution in [1.29, 1.82) is 0 Å². The molecular formula is C19H19F. The fraction of sp³-hybridized carbons (Fsp3) is 0.263. The molecule has 0 unspecified atom stereocenters. The summed E-state index contributed by atoms with van der Waals surface area (Å²) in [7, 11) is 0. The molecule has 0 fully saturated rings. The maximum Gasteiger partial charge on any atom is 0.123 e. The summed E-state index contributed by atoms with van der Waals surface area (Å²) in [6, 6.07) is 14.6. The van der Waals surface area contributed by atoms with Gasteiger partial charge in [-0.15, -0.1) is 0 Å². The Balaban J connectivity index is 1.98. The van der Waals surface area contributed by atoms with Crippen LogP contribution in [0.1, 0.15) is 42.9 Å². The molecule has 0 saturated carbocycles. The van der Waals surface area contributed by atoms with Crippen LogP contribution in [0.2, 0.25) is 0 Å². The summed E-state index contributed by atoms with van der Waals surface area (Å²) in [4.78, 5) is 0. The second kappa shape index (κ2) is 7.50. The Morgan fingerprint density at radius 2 is 1.35 bits per heavy atom. The molecule has 0 bridgehead atoms. The van der Waals surface area contributed by atoms with E-state index in [1.165, 1.54) is 37.0 Å². The Kier molecular flexibility index (Phi) is 5.38. The topological polar surface area (TPSA) is 0 Å². The number of aryl methyl sites for hydroxylation is 1. The first-order valence-electron chi connectivity index (χ1n) is 7.14. The molecule has 20 heavy (non-hydrogen) atoms. The third-order valence-electron chi connectivity index (χ3n) is 3.22. The molecule has 0 aliphatic carbocycles. The molecule has 0 saturated heterocycles. The van der Waals surface area contributed by atoms with Gasteiger partial charge in [-0.3, -0.25) is 0 Å². The molecular weight excluding hydrogens is 247 g/mol. The highest BCUT2D eigenvalue weighted by Crippen LogP contribution is 2.08. The first-order valence-corrected chi connectivity index (χ1v) is 7.14. The molecule has 1 heteroatoms. The normalized spacial score (nSPS) is 9.90. The van der Waals surface area contributed by atoms with E-state index in [1.54, 1.807) is 12.1 Å². The van der Waals surface area contributed by atoms with E-state index in [0.717, 1.165) is 17.5 Å². The number of rotatable bonds is 4. The maximum atomic E-state index is 12.8. The average molecular weight is 266 g/mol. The van der Waals surface area contributed by atoms with E-state index in [2.05, 4.69) is 43.0 Å². The minimum absolute atomic E-state index is 0.230. The van der Waals surface area contributed by atoms with Gasteiger partial charge in [-0.1, -0.05) is 43.7 Å². The monoisotopic (exact) mass is 266 g/mol. The van der Waals surface area contributed by atoms with E-state index in [1.807, 2.05) is 0 Å². The van der Waals surface area contributed by atoms with Crippen molar-refractivity contribution in [2.45, 2.75) is 32.6 Å². The van der Waals surface area contributed by atoms with Crippen LogP contribution < -0.4 is 0 Å². The van der Waals surface area contributed by atoms with Gasteiger partial charge in [0.05, 0.1) is 0 Å². The van der Waals surface area contributed by atoms with Crippen LogP contribution in [0.25, 0.3) is 0 Å². The van der Waals surface area contributed by atoms with Gasteiger partial charge in [0.15, 0.2) is 0 Å². The van der Waals surface area contributed by atoms with Crippen LogP contribution in [0.4, 0.5) is 4.39 Å². The number of benzene rings is 2. The van der Waals surface area contributed by atoms with Crippen LogP contribution in [0.3, 0.4) is 0 Å². The lowest BCUT2D eigenvalue weighted by Gasteiger charge is -2.00. The molecule has 0 nitrogen and oxygen atoms in total. The molecule has 0 aliphatic rings. The van der Waals surface area contributed by atoms with Crippen LogP contribution in [0.5, 0.6) is 0 Å². The van der Waals surface area contributed by atoms with Crippen LogP contribution in [0, 0.1) is 17.7 Å². The van der Waals surface area contributed by atoms with E-state index in [9.17, 15) is 4.39 Å². The minimum Gasteiger partial charge on any atom is -0.207 e. The number of halogens is 1. The highest BCUT2D eigenvalue weighted by atomic mass is 19.1. The number of hydrogen-bond acceptors (Lipinski definition) is 0. The van der Waals surface area contributed by atoms with Crippen molar-refractivity contribution in [3.05, 3.63) is 71.0 Å². The molecule has 0 spiro atoms. The zero-order valence-electron chi connectivity index (χ0n) is 11.8. The van der Waals surface area contributed by atoms with Crippen LogP contribution in [-0.2, 0) is 6.42 Å². The third kappa shape index (κ3) is 4.55. The van der Waals surface area contributed by atoms with Crippen molar-refractivity contribution in [2.75, 3.05) is 0 Å². The van der Waals surface area contributed by atoms with Gasteiger partial charge >= 0.3 is 0 Å². The summed E-state index contributed by atoms with van der Waals surface area (Å²) in [5.74, 6) is 5.92. The molecule has 0 aliphatic heterocycles. The predicted molar refractivity (Wildman–Crippen MR) is 82.1 cm³/mol. The van der Waals surface area contributed by atoms with Crippen LogP contribution in [-0.4, -0.2) is 0 Å². The van der Waals surface area contributed by atoms with Gasteiger partial charge in [0.1, 0.15) is 5.82 Å². The van der Waals surface area contributed by atoms with Crippen molar-refractivity contribution in [3.8, 4) is 11.8 Å². The molecule has 0 N–H and O–H groups in total. The first-order chi connectivity index (χ1) is 9.78. The van der Waals surface area contributed by atoms with Crippen molar-refractivity contribution < 1.29 is 4.39 Å². The summed E-state index contributed by atoms with van der Waals surface area (Å²) in [6.07, 6.45) is 4.92. The second-order valence-electron chi connectivity index (χ2n) is 4.91. The molecule has 2 aromatic carbocycles. The molecule has 0 heterocycles. The van der Waals surface area contributed by atoms with Crippen molar-refractivity contribution >= 4 is 0 Å². The van der Waals surface area contributed by atoms with Crippen molar-refractivity contribution in [1.82, 2.24) is 0 Å². The fourth-order valence-electron chi connectivity index (χ4n) is 2.01. The van der Waals surface area contributed by atoms with Gasteiger partial charge in [0.2, 0.25) is 0 Å². The van der Waals surface area contributed by atoms with Crippen LogP contribution in [0.15, 0.2) is 48.5 Å². The van der Waals surface area contributed by atoms with E-state index in [4.69, 9.17) is 0 Å². The summed E-state index contributed by atoms with van der Waals surface area (Å²) >= 11 is 0. The van der Waals surface area contributed by atoms with E-state index < -0.39 is 0 Å². The van der Waals surface area contributed by atoms with E-state index >= 15 is 0 Å². The van der Waals surface area contributed by atoms with Gasteiger partial charge in [-0.25, -0.2) is 4.39 Å². The number of hydrogen-bond donors (Lipinski definition) is 0. The Morgan fingerprint density at radius 1 is 0.800 bits per heavy atom. The Labute approximate surface area is 120 Å². The predicted octanol–water partition coefficient (Wildman–Crippen LogP) is 4.96. The molecule has 0 aromatic heterocycles. The lowest BCUT2D eigenvalue weighted by atomic mass is 10.1. The molecule has 0 amide bonds. The third-order valence-corrected chi connectivity index (χ3v) is 3.22. The quantitative estimate of drug-likeness (QED) is 0.542. The summed E-state index contributed by atoms with van der Waals surface area (Å²) in [6.45, 7) is 2.22. The zero-order valence-corrected chi connectivity index (χ0v) is 11.8. The molecule has 102 valence electrons. The Bertz CT molecular complexity index is 582.